The maximum atomic E-state index is 5.98. The molecule has 0 saturated heterocycles. The van der Waals surface area contributed by atoms with Crippen LogP contribution in [0.3, 0.4) is 0 Å². The van der Waals surface area contributed by atoms with Gasteiger partial charge in [-0.1, -0.05) is 0 Å². The van der Waals surface area contributed by atoms with Crippen molar-refractivity contribution in [2.24, 2.45) is 12.8 Å². The summed E-state index contributed by atoms with van der Waals surface area (Å²) >= 11 is 0. The fraction of sp³-hybridized carbons (Fsp3) is 0.300. The highest BCUT2D eigenvalue weighted by atomic mass is 16.3. The zero-order chi connectivity index (χ0) is 9.97. The van der Waals surface area contributed by atoms with Crippen LogP contribution in [0, 0.1) is 0 Å². The summed E-state index contributed by atoms with van der Waals surface area (Å²) in [7, 11) is 1.93. The van der Waals surface area contributed by atoms with Crippen molar-refractivity contribution in [2.45, 2.75) is 12.5 Å². The van der Waals surface area contributed by atoms with Crippen LogP contribution in [-0.4, -0.2) is 9.55 Å². The number of hydrogen-bond donors (Lipinski definition) is 1. The topological polar surface area (TPSA) is 57.0 Å². The van der Waals surface area contributed by atoms with Crippen LogP contribution in [0.5, 0.6) is 0 Å². The molecule has 1 unspecified atom stereocenters. The summed E-state index contributed by atoms with van der Waals surface area (Å²) in [5.74, 6) is 0. The molecule has 4 nitrogen and oxygen atoms in total. The third-order valence-corrected chi connectivity index (χ3v) is 2.14. The Kier molecular flexibility index (Phi) is 2.37. The third kappa shape index (κ3) is 1.85. The van der Waals surface area contributed by atoms with Gasteiger partial charge in [-0.3, -0.25) is 0 Å². The van der Waals surface area contributed by atoms with Crippen molar-refractivity contribution < 1.29 is 4.42 Å². The van der Waals surface area contributed by atoms with E-state index >= 15 is 0 Å². The van der Waals surface area contributed by atoms with E-state index in [1.807, 2.05) is 23.9 Å². The number of nitrogens with two attached hydrogens (primary N) is 1. The van der Waals surface area contributed by atoms with Gasteiger partial charge in [-0.2, -0.15) is 0 Å². The van der Waals surface area contributed by atoms with Gasteiger partial charge in [0.25, 0.3) is 0 Å². The summed E-state index contributed by atoms with van der Waals surface area (Å²) < 4.78 is 6.87. The molecule has 1 atom stereocenters. The monoisotopic (exact) mass is 191 g/mol. The smallest absolute Gasteiger partial charge is 0.0947 e. The molecule has 74 valence electrons. The molecular weight excluding hydrogens is 178 g/mol. The van der Waals surface area contributed by atoms with Gasteiger partial charge in [0.2, 0.25) is 0 Å². The van der Waals surface area contributed by atoms with Crippen molar-refractivity contribution in [2.75, 3.05) is 0 Å². The second-order valence-corrected chi connectivity index (χ2v) is 3.41. The van der Waals surface area contributed by atoms with Gasteiger partial charge < -0.3 is 14.7 Å². The molecule has 0 fully saturated rings. The molecule has 0 aliphatic rings. The minimum Gasteiger partial charge on any atom is -0.472 e. The number of furan rings is 1. The van der Waals surface area contributed by atoms with Crippen molar-refractivity contribution in [3.8, 4) is 0 Å². The van der Waals surface area contributed by atoms with Crippen LogP contribution < -0.4 is 5.73 Å². The molecule has 2 aromatic rings. The maximum Gasteiger partial charge on any atom is 0.0947 e. The first kappa shape index (κ1) is 9.02. The Morgan fingerprint density at radius 3 is 3.07 bits per heavy atom. The molecule has 0 spiro atoms. The lowest BCUT2D eigenvalue weighted by Gasteiger charge is -2.05. The van der Waals surface area contributed by atoms with E-state index in [4.69, 9.17) is 10.2 Å². The van der Waals surface area contributed by atoms with Crippen LogP contribution >= 0.6 is 0 Å². The van der Waals surface area contributed by atoms with E-state index in [1.165, 1.54) is 0 Å². The first-order valence-corrected chi connectivity index (χ1v) is 4.50. The van der Waals surface area contributed by atoms with Gasteiger partial charge in [0.05, 0.1) is 30.6 Å². The lowest BCUT2D eigenvalue weighted by Crippen LogP contribution is -2.13. The molecule has 0 aromatic carbocycles. The molecule has 0 aliphatic carbocycles. The van der Waals surface area contributed by atoms with Gasteiger partial charge in [0.15, 0.2) is 0 Å². The molecule has 2 aromatic heterocycles. The Labute approximate surface area is 82.4 Å². The number of nitrogens with zero attached hydrogens (tertiary/aromatic N) is 2. The number of imidazole rings is 1. The molecule has 0 amide bonds. The molecule has 2 rings (SSSR count). The van der Waals surface area contributed by atoms with Crippen LogP contribution in [0.25, 0.3) is 0 Å². The quantitative estimate of drug-likeness (QED) is 0.794. The van der Waals surface area contributed by atoms with Gasteiger partial charge in [-0.15, -0.1) is 0 Å². The third-order valence-electron chi connectivity index (χ3n) is 2.14. The number of aromatic nitrogens is 2. The minimum absolute atomic E-state index is 0.0613. The molecule has 0 radical (unpaired) electrons. The largest absolute Gasteiger partial charge is 0.472 e. The highest BCUT2D eigenvalue weighted by Crippen LogP contribution is 2.13. The van der Waals surface area contributed by atoms with E-state index < -0.39 is 0 Å². The van der Waals surface area contributed by atoms with E-state index in [0.29, 0.717) is 0 Å². The molecular formula is C10H13N3O. The van der Waals surface area contributed by atoms with E-state index in [9.17, 15) is 0 Å². The first-order valence-electron chi connectivity index (χ1n) is 4.50. The fourth-order valence-corrected chi connectivity index (χ4v) is 1.39. The second-order valence-electron chi connectivity index (χ2n) is 3.41. The Morgan fingerprint density at radius 2 is 2.50 bits per heavy atom. The number of aryl methyl sites for hydroxylation is 1. The van der Waals surface area contributed by atoms with Crippen LogP contribution in [0.2, 0.25) is 0 Å². The van der Waals surface area contributed by atoms with Crippen molar-refractivity contribution in [1.29, 1.82) is 0 Å². The molecule has 2 heterocycles. The first-order chi connectivity index (χ1) is 6.75. The Hall–Kier alpha value is -1.55. The molecule has 0 aliphatic heterocycles. The summed E-state index contributed by atoms with van der Waals surface area (Å²) in [5, 5.41) is 0. The van der Waals surface area contributed by atoms with Gasteiger partial charge in [-0.25, -0.2) is 4.98 Å². The standard InChI is InChI=1S/C10H13N3O/c1-13-5-10(12-7-13)9(11)4-8-2-3-14-6-8/h2-3,5-7,9H,4,11H2,1H3. The average molecular weight is 191 g/mol. The van der Waals surface area contributed by atoms with Crippen LogP contribution in [0.4, 0.5) is 0 Å². The van der Waals surface area contributed by atoms with Crippen molar-refractivity contribution >= 4 is 0 Å². The van der Waals surface area contributed by atoms with E-state index in [-0.39, 0.29) is 6.04 Å². The number of rotatable bonds is 3. The average Bonchev–Trinajstić information content (AvgIpc) is 2.75. The van der Waals surface area contributed by atoms with E-state index in [2.05, 4.69) is 4.98 Å². The highest BCUT2D eigenvalue weighted by Gasteiger charge is 2.09. The van der Waals surface area contributed by atoms with E-state index in [1.54, 1.807) is 18.9 Å². The molecule has 4 heteroatoms. The Morgan fingerprint density at radius 1 is 1.64 bits per heavy atom. The fourth-order valence-electron chi connectivity index (χ4n) is 1.39. The summed E-state index contributed by atoms with van der Waals surface area (Å²) in [4.78, 5) is 4.20. The molecule has 14 heavy (non-hydrogen) atoms. The SMILES string of the molecule is Cn1cnc(C(N)Cc2ccoc2)c1. The summed E-state index contributed by atoms with van der Waals surface area (Å²) in [6.45, 7) is 0. The van der Waals surface area contributed by atoms with E-state index in [0.717, 1.165) is 17.7 Å². The number of hydrogen-bond acceptors (Lipinski definition) is 3. The maximum absolute atomic E-state index is 5.98. The molecule has 2 N–H and O–H groups in total. The van der Waals surface area contributed by atoms with Crippen molar-refractivity contribution in [3.05, 3.63) is 42.4 Å². The van der Waals surface area contributed by atoms with Crippen LogP contribution in [0.15, 0.2) is 35.5 Å². The summed E-state index contributed by atoms with van der Waals surface area (Å²) in [6.07, 6.45) is 7.81. The van der Waals surface area contributed by atoms with Gasteiger partial charge >= 0.3 is 0 Å². The van der Waals surface area contributed by atoms with Gasteiger partial charge in [-0.05, 0) is 18.1 Å². The van der Waals surface area contributed by atoms with Gasteiger partial charge in [0, 0.05) is 13.2 Å². The van der Waals surface area contributed by atoms with Gasteiger partial charge in [0.1, 0.15) is 0 Å². The summed E-state index contributed by atoms with van der Waals surface area (Å²) in [5.41, 5.74) is 7.99. The predicted molar refractivity (Wildman–Crippen MR) is 52.5 cm³/mol. The normalized spacial score (nSPS) is 13.0. The summed E-state index contributed by atoms with van der Waals surface area (Å²) in [6, 6.07) is 1.86. The van der Waals surface area contributed by atoms with Crippen molar-refractivity contribution in [3.63, 3.8) is 0 Å². The van der Waals surface area contributed by atoms with Crippen molar-refractivity contribution in [1.82, 2.24) is 9.55 Å². The van der Waals surface area contributed by atoms with Crippen LogP contribution in [-0.2, 0) is 13.5 Å². The Balaban J connectivity index is 2.06. The zero-order valence-corrected chi connectivity index (χ0v) is 8.05. The Bertz CT molecular complexity index is 391. The lowest BCUT2D eigenvalue weighted by atomic mass is 10.1. The van der Waals surface area contributed by atoms with Crippen LogP contribution in [0.1, 0.15) is 17.3 Å². The predicted octanol–water partition coefficient (Wildman–Crippen LogP) is 1.26. The zero-order valence-electron chi connectivity index (χ0n) is 8.05. The minimum atomic E-state index is -0.0613. The molecule has 0 saturated carbocycles. The second kappa shape index (κ2) is 3.67. The lowest BCUT2D eigenvalue weighted by molar-refractivity contribution is 0.560. The highest BCUT2D eigenvalue weighted by molar-refractivity contribution is 5.12. The molecule has 0 bridgehead atoms.